The van der Waals surface area contributed by atoms with E-state index in [0.717, 1.165) is 5.69 Å². The highest BCUT2D eigenvalue weighted by atomic mass is 19.1. The van der Waals surface area contributed by atoms with Crippen LogP contribution in [0.5, 0.6) is 0 Å². The molecule has 0 radical (unpaired) electrons. The summed E-state index contributed by atoms with van der Waals surface area (Å²) in [6.45, 7) is 0.352. The number of pyridine rings is 1. The Bertz CT molecular complexity index is 820. The fourth-order valence-corrected chi connectivity index (χ4v) is 2.25. The maximum atomic E-state index is 13.0. The van der Waals surface area contributed by atoms with Crippen molar-refractivity contribution < 1.29 is 9.18 Å². The molecule has 4 nitrogen and oxygen atoms in total. The van der Waals surface area contributed by atoms with Crippen LogP contribution in [0.1, 0.15) is 16.1 Å². The first-order valence-electron chi connectivity index (χ1n) is 7.52. The van der Waals surface area contributed by atoms with Crippen molar-refractivity contribution in [3.63, 3.8) is 0 Å². The summed E-state index contributed by atoms with van der Waals surface area (Å²) in [5, 5.41) is 5.98. The second kappa shape index (κ2) is 7.37. The molecule has 0 aliphatic carbocycles. The van der Waals surface area contributed by atoms with E-state index in [2.05, 4.69) is 15.6 Å². The van der Waals surface area contributed by atoms with E-state index in [4.69, 9.17) is 0 Å². The molecule has 0 bridgehead atoms. The van der Waals surface area contributed by atoms with Gasteiger partial charge in [0.15, 0.2) is 0 Å². The van der Waals surface area contributed by atoms with Gasteiger partial charge in [0, 0.05) is 11.9 Å². The van der Waals surface area contributed by atoms with Crippen LogP contribution in [0.2, 0.25) is 0 Å². The Hall–Kier alpha value is -3.21. The van der Waals surface area contributed by atoms with E-state index in [0.29, 0.717) is 23.5 Å². The van der Waals surface area contributed by atoms with E-state index in [1.165, 1.54) is 12.1 Å². The van der Waals surface area contributed by atoms with Gasteiger partial charge in [0.05, 0.1) is 23.5 Å². The lowest BCUT2D eigenvalue weighted by atomic mass is 10.1. The molecular formula is C19H16FN3O. The van der Waals surface area contributed by atoms with Crippen molar-refractivity contribution in [2.75, 3.05) is 5.32 Å². The standard InChI is InChI=1S/C19H16FN3O/c20-14-8-10-15(11-9-14)23-18-7-2-1-6-17(18)19(24)22-13-16-5-3-4-12-21-16/h1-12,23H,13H2,(H,22,24). The van der Waals surface area contributed by atoms with Crippen LogP contribution in [0.25, 0.3) is 0 Å². The molecule has 24 heavy (non-hydrogen) atoms. The Kier molecular flexibility index (Phi) is 4.81. The van der Waals surface area contributed by atoms with Crippen molar-refractivity contribution in [3.05, 3.63) is 90.0 Å². The number of hydrogen-bond donors (Lipinski definition) is 2. The molecule has 0 saturated heterocycles. The second-order valence-electron chi connectivity index (χ2n) is 5.18. The summed E-state index contributed by atoms with van der Waals surface area (Å²) < 4.78 is 13.0. The first-order chi connectivity index (χ1) is 11.7. The van der Waals surface area contributed by atoms with Gasteiger partial charge in [-0.2, -0.15) is 0 Å². The zero-order chi connectivity index (χ0) is 16.8. The molecule has 2 aromatic carbocycles. The minimum atomic E-state index is -0.304. The maximum Gasteiger partial charge on any atom is 0.253 e. The molecule has 3 rings (SSSR count). The summed E-state index contributed by atoms with van der Waals surface area (Å²) in [5.41, 5.74) is 2.66. The first kappa shape index (κ1) is 15.7. The Morgan fingerprint density at radius 1 is 0.958 bits per heavy atom. The third kappa shape index (κ3) is 3.95. The average Bonchev–Trinajstić information content (AvgIpc) is 2.63. The Morgan fingerprint density at radius 3 is 2.46 bits per heavy atom. The van der Waals surface area contributed by atoms with Crippen molar-refractivity contribution in [2.45, 2.75) is 6.54 Å². The highest BCUT2D eigenvalue weighted by molar-refractivity contribution is 6.00. The van der Waals surface area contributed by atoms with Crippen LogP contribution in [-0.4, -0.2) is 10.9 Å². The maximum absolute atomic E-state index is 13.0. The molecular weight excluding hydrogens is 305 g/mol. The molecule has 1 amide bonds. The number of amides is 1. The van der Waals surface area contributed by atoms with E-state index in [1.54, 1.807) is 36.5 Å². The predicted octanol–water partition coefficient (Wildman–Crippen LogP) is 3.89. The molecule has 2 N–H and O–H groups in total. The molecule has 1 heterocycles. The third-order valence-electron chi connectivity index (χ3n) is 3.45. The highest BCUT2D eigenvalue weighted by Gasteiger charge is 2.11. The van der Waals surface area contributed by atoms with Crippen molar-refractivity contribution in [2.24, 2.45) is 0 Å². The van der Waals surface area contributed by atoms with E-state index >= 15 is 0 Å². The number of carbonyl (C=O) groups excluding carboxylic acids is 1. The number of halogens is 1. The first-order valence-corrected chi connectivity index (χ1v) is 7.52. The van der Waals surface area contributed by atoms with Gasteiger partial charge in [-0.15, -0.1) is 0 Å². The zero-order valence-electron chi connectivity index (χ0n) is 12.9. The quantitative estimate of drug-likeness (QED) is 0.749. The Morgan fingerprint density at radius 2 is 1.71 bits per heavy atom. The molecule has 0 unspecified atom stereocenters. The van der Waals surface area contributed by atoms with E-state index in [-0.39, 0.29) is 11.7 Å². The minimum Gasteiger partial charge on any atom is -0.355 e. The largest absolute Gasteiger partial charge is 0.355 e. The van der Waals surface area contributed by atoms with Crippen LogP contribution in [0.3, 0.4) is 0 Å². The van der Waals surface area contributed by atoms with Crippen LogP contribution in [0, 0.1) is 5.82 Å². The Balaban J connectivity index is 1.73. The fourth-order valence-electron chi connectivity index (χ4n) is 2.25. The van der Waals surface area contributed by atoms with Crippen LogP contribution >= 0.6 is 0 Å². The van der Waals surface area contributed by atoms with Gasteiger partial charge in [0.25, 0.3) is 5.91 Å². The lowest BCUT2D eigenvalue weighted by Gasteiger charge is -2.12. The van der Waals surface area contributed by atoms with Gasteiger partial charge in [-0.1, -0.05) is 18.2 Å². The SMILES string of the molecule is O=C(NCc1ccccn1)c1ccccc1Nc1ccc(F)cc1. The smallest absolute Gasteiger partial charge is 0.253 e. The molecule has 0 fully saturated rings. The Labute approximate surface area is 139 Å². The van der Waals surface area contributed by atoms with Crippen LogP contribution in [0.15, 0.2) is 72.9 Å². The number of hydrogen-bond acceptors (Lipinski definition) is 3. The second-order valence-corrected chi connectivity index (χ2v) is 5.18. The van der Waals surface area contributed by atoms with Gasteiger partial charge < -0.3 is 10.6 Å². The summed E-state index contributed by atoms with van der Waals surface area (Å²) >= 11 is 0. The number of carbonyl (C=O) groups is 1. The van der Waals surface area contributed by atoms with Crippen LogP contribution in [0.4, 0.5) is 15.8 Å². The van der Waals surface area contributed by atoms with Crippen molar-refractivity contribution in [1.82, 2.24) is 10.3 Å². The van der Waals surface area contributed by atoms with Crippen molar-refractivity contribution in [1.29, 1.82) is 0 Å². The number of aromatic nitrogens is 1. The van der Waals surface area contributed by atoms with Gasteiger partial charge in [0.2, 0.25) is 0 Å². The number of anilines is 2. The molecule has 0 atom stereocenters. The van der Waals surface area contributed by atoms with Gasteiger partial charge in [0.1, 0.15) is 5.82 Å². The average molecular weight is 321 g/mol. The van der Waals surface area contributed by atoms with Gasteiger partial charge in [-0.05, 0) is 48.5 Å². The van der Waals surface area contributed by atoms with Gasteiger partial charge >= 0.3 is 0 Å². The summed E-state index contributed by atoms with van der Waals surface area (Å²) in [4.78, 5) is 16.6. The normalized spacial score (nSPS) is 10.2. The molecule has 0 saturated carbocycles. The molecule has 0 aliphatic rings. The number of nitrogens with one attached hydrogen (secondary N) is 2. The summed E-state index contributed by atoms with van der Waals surface area (Å²) in [6, 6.07) is 18.7. The van der Waals surface area contributed by atoms with E-state index in [1.807, 2.05) is 24.3 Å². The number of benzene rings is 2. The summed E-state index contributed by atoms with van der Waals surface area (Å²) in [6.07, 6.45) is 1.69. The molecule has 3 aromatic rings. The van der Waals surface area contributed by atoms with Gasteiger partial charge in [-0.3, -0.25) is 9.78 Å². The third-order valence-corrected chi connectivity index (χ3v) is 3.45. The lowest BCUT2D eigenvalue weighted by molar-refractivity contribution is 0.0951. The van der Waals surface area contributed by atoms with Crippen molar-refractivity contribution >= 4 is 17.3 Å². The lowest BCUT2D eigenvalue weighted by Crippen LogP contribution is -2.24. The molecule has 1 aromatic heterocycles. The molecule has 5 heteroatoms. The number of rotatable bonds is 5. The van der Waals surface area contributed by atoms with Gasteiger partial charge in [-0.25, -0.2) is 4.39 Å². The van der Waals surface area contributed by atoms with E-state index in [9.17, 15) is 9.18 Å². The fraction of sp³-hybridized carbons (Fsp3) is 0.0526. The number of nitrogens with zero attached hydrogens (tertiary/aromatic N) is 1. The molecule has 0 aliphatic heterocycles. The van der Waals surface area contributed by atoms with Crippen molar-refractivity contribution in [3.8, 4) is 0 Å². The zero-order valence-corrected chi connectivity index (χ0v) is 12.9. The summed E-state index contributed by atoms with van der Waals surface area (Å²) in [5.74, 6) is -0.507. The predicted molar refractivity (Wildman–Crippen MR) is 91.5 cm³/mol. The monoisotopic (exact) mass is 321 g/mol. The number of para-hydroxylation sites is 1. The van der Waals surface area contributed by atoms with Crippen LogP contribution < -0.4 is 10.6 Å². The minimum absolute atomic E-state index is 0.203. The molecule has 120 valence electrons. The topological polar surface area (TPSA) is 54.0 Å². The summed E-state index contributed by atoms with van der Waals surface area (Å²) in [7, 11) is 0. The molecule has 0 spiro atoms. The highest BCUT2D eigenvalue weighted by Crippen LogP contribution is 2.21. The van der Waals surface area contributed by atoms with E-state index < -0.39 is 0 Å². The van der Waals surface area contributed by atoms with Crippen LogP contribution in [-0.2, 0) is 6.54 Å².